The lowest BCUT2D eigenvalue weighted by Crippen LogP contribution is -2.59. The maximum absolute atomic E-state index is 13.2. The van der Waals surface area contributed by atoms with Crippen LogP contribution < -0.4 is 0 Å². The van der Waals surface area contributed by atoms with Crippen molar-refractivity contribution >= 4 is 11.8 Å². The third-order valence-electron chi connectivity index (χ3n) is 6.82. The van der Waals surface area contributed by atoms with Crippen molar-refractivity contribution in [2.24, 2.45) is 0 Å². The molecule has 0 bridgehead atoms. The monoisotopic (exact) mass is 524 g/mol. The number of ketones is 1. The lowest BCUT2D eigenvalue weighted by Gasteiger charge is -2.39. The van der Waals surface area contributed by atoms with Crippen LogP contribution in [0.5, 0.6) is 0 Å². The number of ether oxygens (including phenoxy) is 3. The molecular formula is C29H32O9. The zero-order valence-electron chi connectivity index (χ0n) is 21.0. The van der Waals surface area contributed by atoms with Crippen molar-refractivity contribution in [1.82, 2.24) is 0 Å². The van der Waals surface area contributed by atoms with Gasteiger partial charge in [0.1, 0.15) is 36.8 Å². The molecule has 3 N–H and O–H groups in total. The van der Waals surface area contributed by atoms with Crippen LogP contribution in [0, 0.1) is 0 Å². The molecule has 0 spiro atoms. The second-order valence-corrected chi connectivity index (χ2v) is 9.27. The Hall–Kier alpha value is -3.34. The van der Waals surface area contributed by atoms with Crippen molar-refractivity contribution in [1.29, 1.82) is 0 Å². The summed E-state index contributed by atoms with van der Waals surface area (Å²) in [6, 6.07) is 21.8. The number of Topliss-reactive ketones (excluding diaryl/α,β-unsaturated/α-hetero) is 1. The van der Waals surface area contributed by atoms with E-state index in [-0.39, 0.29) is 25.2 Å². The van der Waals surface area contributed by atoms with Gasteiger partial charge in [0.25, 0.3) is 0 Å². The summed E-state index contributed by atoms with van der Waals surface area (Å²) in [7, 11) is 1.29. The Labute approximate surface area is 220 Å². The van der Waals surface area contributed by atoms with Crippen molar-refractivity contribution in [3.05, 3.63) is 95.9 Å². The largest absolute Gasteiger partial charge is 0.469 e. The number of aliphatic hydroxyl groups excluding tert-OH is 3. The summed E-state index contributed by atoms with van der Waals surface area (Å²) in [6.07, 6.45) is -5.17. The Bertz CT molecular complexity index is 1150. The molecule has 2 heterocycles. The molecule has 1 aromatic heterocycles. The fourth-order valence-corrected chi connectivity index (χ4v) is 4.74. The summed E-state index contributed by atoms with van der Waals surface area (Å²) in [4.78, 5) is 26.3. The predicted molar refractivity (Wildman–Crippen MR) is 135 cm³/mol. The average Bonchev–Trinajstić information content (AvgIpc) is 3.49. The van der Waals surface area contributed by atoms with E-state index in [0.717, 1.165) is 5.56 Å². The van der Waals surface area contributed by atoms with Crippen LogP contribution in [0.15, 0.2) is 83.5 Å². The van der Waals surface area contributed by atoms with Crippen LogP contribution >= 0.6 is 0 Å². The maximum atomic E-state index is 13.2. The molecule has 7 atom stereocenters. The highest BCUT2D eigenvalue weighted by atomic mass is 16.7. The third-order valence-corrected chi connectivity index (χ3v) is 6.82. The zero-order chi connectivity index (χ0) is 27.1. The lowest BCUT2D eigenvalue weighted by molar-refractivity contribution is -0.295. The molecule has 38 heavy (non-hydrogen) atoms. The minimum Gasteiger partial charge on any atom is -0.469 e. The van der Waals surface area contributed by atoms with E-state index in [2.05, 4.69) is 0 Å². The molecule has 9 heteroatoms. The molecule has 0 amide bonds. The Morgan fingerprint density at radius 1 is 0.842 bits per heavy atom. The van der Waals surface area contributed by atoms with Crippen LogP contribution in [0.1, 0.15) is 46.4 Å². The van der Waals surface area contributed by atoms with E-state index in [4.69, 9.17) is 18.6 Å². The van der Waals surface area contributed by atoms with E-state index < -0.39 is 48.5 Å². The zero-order valence-corrected chi connectivity index (χ0v) is 21.0. The van der Waals surface area contributed by atoms with E-state index in [0.29, 0.717) is 11.3 Å². The van der Waals surface area contributed by atoms with E-state index in [1.165, 1.54) is 13.4 Å². The summed E-state index contributed by atoms with van der Waals surface area (Å²) < 4.78 is 21.6. The molecular weight excluding hydrogens is 492 g/mol. The van der Waals surface area contributed by atoms with Gasteiger partial charge in [0.15, 0.2) is 12.1 Å². The van der Waals surface area contributed by atoms with Crippen molar-refractivity contribution in [3.8, 4) is 0 Å². The van der Waals surface area contributed by atoms with E-state index in [1.807, 2.05) is 36.4 Å². The number of furan rings is 1. The van der Waals surface area contributed by atoms with E-state index in [9.17, 15) is 24.9 Å². The van der Waals surface area contributed by atoms with Crippen molar-refractivity contribution < 1.29 is 43.5 Å². The molecule has 3 aromatic rings. The molecule has 0 saturated carbocycles. The highest BCUT2D eigenvalue weighted by Crippen LogP contribution is 2.39. The van der Waals surface area contributed by atoms with Gasteiger partial charge in [0.05, 0.1) is 12.7 Å². The molecule has 0 radical (unpaired) electrons. The van der Waals surface area contributed by atoms with Crippen molar-refractivity contribution in [2.45, 2.75) is 55.4 Å². The topological polar surface area (TPSA) is 136 Å². The van der Waals surface area contributed by atoms with Gasteiger partial charge < -0.3 is 33.9 Å². The van der Waals surface area contributed by atoms with Gasteiger partial charge in [-0.05, 0) is 17.7 Å². The summed E-state index contributed by atoms with van der Waals surface area (Å²) >= 11 is 0. The van der Waals surface area contributed by atoms with E-state index >= 15 is 0 Å². The number of methoxy groups -OCH3 is 1. The third kappa shape index (κ3) is 6.56. The molecule has 1 aliphatic rings. The maximum Gasteiger partial charge on any atom is 0.306 e. The molecule has 1 fully saturated rings. The van der Waals surface area contributed by atoms with Gasteiger partial charge in [-0.3, -0.25) is 9.59 Å². The minimum atomic E-state index is -1.53. The molecule has 4 rings (SSSR count). The lowest BCUT2D eigenvalue weighted by atomic mass is 9.78. The minimum absolute atomic E-state index is 0.0842. The van der Waals surface area contributed by atoms with Crippen LogP contribution in [0.25, 0.3) is 0 Å². The Balaban J connectivity index is 1.52. The highest BCUT2D eigenvalue weighted by molar-refractivity contribution is 5.96. The quantitative estimate of drug-likeness (QED) is 0.256. The number of rotatable bonds is 11. The van der Waals surface area contributed by atoms with Gasteiger partial charge >= 0.3 is 5.97 Å². The number of hydrogen-bond donors (Lipinski definition) is 3. The predicted octanol–water partition coefficient (Wildman–Crippen LogP) is 2.81. The van der Waals surface area contributed by atoms with Crippen molar-refractivity contribution in [2.75, 3.05) is 13.7 Å². The van der Waals surface area contributed by atoms with Crippen LogP contribution in [0.2, 0.25) is 0 Å². The molecule has 1 saturated heterocycles. The number of aliphatic hydroxyl groups is 3. The van der Waals surface area contributed by atoms with Gasteiger partial charge in [-0.25, -0.2) is 0 Å². The Kier molecular flexibility index (Phi) is 9.43. The second kappa shape index (κ2) is 12.9. The summed E-state index contributed by atoms with van der Waals surface area (Å²) in [6.45, 7) is -0.362. The summed E-state index contributed by atoms with van der Waals surface area (Å²) in [5.74, 6) is -1.02. The first-order valence-electron chi connectivity index (χ1n) is 12.4. The molecule has 2 unspecified atom stereocenters. The number of benzene rings is 2. The van der Waals surface area contributed by atoms with E-state index in [1.54, 1.807) is 36.4 Å². The average molecular weight is 525 g/mol. The van der Waals surface area contributed by atoms with Crippen LogP contribution in [0.3, 0.4) is 0 Å². The molecule has 1 aliphatic heterocycles. The summed E-state index contributed by atoms with van der Waals surface area (Å²) in [5.41, 5.74) is 1.40. The Morgan fingerprint density at radius 2 is 1.53 bits per heavy atom. The fourth-order valence-electron chi connectivity index (χ4n) is 4.74. The van der Waals surface area contributed by atoms with Gasteiger partial charge in [0.2, 0.25) is 0 Å². The SMILES string of the molecule is CO[C@H]1O[C@H](COC(=O)CC(c2ccccc2)C(CC(=O)c2ccccc2)c2ccco2)[C@@H](O)[C@H](O)[C@H]1O. The first kappa shape index (κ1) is 27.7. The van der Waals surface area contributed by atoms with Crippen LogP contribution in [-0.2, 0) is 19.0 Å². The van der Waals surface area contributed by atoms with Gasteiger partial charge in [0, 0.05) is 30.9 Å². The number of hydrogen-bond acceptors (Lipinski definition) is 9. The number of esters is 1. The fraction of sp³-hybridized carbons (Fsp3) is 0.379. The van der Waals surface area contributed by atoms with Gasteiger partial charge in [-0.1, -0.05) is 60.7 Å². The normalized spacial score (nSPS) is 24.9. The molecule has 9 nitrogen and oxygen atoms in total. The first-order valence-corrected chi connectivity index (χ1v) is 12.4. The smallest absolute Gasteiger partial charge is 0.306 e. The van der Waals surface area contributed by atoms with Gasteiger partial charge in [-0.15, -0.1) is 0 Å². The van der Waals surface area contributed by atoms with Crippen LogP contribution in [0.4, 0.5) is 0 Å². The van der Waals surface area contributed by atoms with Crippen LogP contribution in [-0.4, -0.2) is 71.5 Å². The Morgan fingerprint density at radius 3 is 2.16 bits per heavy atom. The number of carbonyl (C=O) groups is 2. The number of carbonyl (C=O) groups excluding carboxylic acids is 2. The first-order chi connectivity index (χ1) is 18.4. The molecule has 2 aromatic carbocycles. The highest BCUT2D eigenvalue weighted by Gasteiger charge is 2.44. The molecule has 0 aliphatic carbocycles. The summed E-state index contributed by atoms with van der Waals surface area (Å²) in [5, 5.41) is 30.3. The van der Waals surface area contributed by atoms with Crippen molar-refractivity contribution in [3.63, 3.8) is 0 Å². The molecule has 202 valence electrons. The standard InChI is InChI=1S/C29H32O9/c1-35-29-28(34)27(33)26(32)24(38-29)17-37-25(31)16-20(18-9-4-2-5-10-18)21(23-13-8-14-36-23)15-22(30)19-11-6-3-7-12-19/h2-14,20-21,24,26-29,32-34H,15-17H2,1H3/t20?,21?,24-,26-,27+,28-,29+/m1/s1. The second-order valence-electron chi connectivity index (χ2n) is 9.27. The van der Waals surface area contributed by atoms with Gasteiger partial charge in [-0.2, -0.15) is 0 Å².